The minimum absolute atomic E-state index is 0.220. The highest BCUT2D eigenvalue weighted by Gasteiger charge is 2.13. The molecule has 2 N–H and O–H groups in total. The van der Waals surface area contributed by atoms with Crippen molar-refractivity contribution in [3.63, 3.8) is 0 Å². The molecule has 2 heterocycles. The van der Waals surface area contributed by atoms with E-state index in [1.165, 1.54) is 11.3 Å². The van der Waals surface area contributed by atoms with E-state index in [9.17, 15) is 4.79 Å². The lowest BCUT2D eigenvalue weighted by atomic mass is 10.3. The molecule has 4 rings (SSSR count). The lowest BCUT2D eigenvalue weighted by molar-refractivity contribution is 0.173. The molecule has 0 spiro atoms. The molecule has 0 aliphatic carbocycles. The van der Waals surface area contributed by atoms with Crippen LogP contribution in [0.15, 0.2) is 53.4 Å². The van der Waals surface area contributed by atoms with Crippen molar-refractivity contribution >= 4 is 23.1 Å². The van der Waals surface area contributed by atoms with E-state index in [2.05, 4.69) is 15.6 Å². The molecule has 2 aromatic carbocycles. The number of hydrogen-bond acceptors (Lipinski definition) is 7. The third-order valence-corrected chi connectivity index (χ3v) is 4.60. The number of fused-ring (bicyclic) bond motifs is 1. The first-order valence-electron chi connectivity index (χ1n) is 8.93. The van der Waals surface area contributed by atoms with Crippen molar-refractivity contribution in [1.29, 1.82) is 0 Å². The topological polar surface area (TPSA) is 90.9 Å². The largest absolute Gasteiger partial charge is 0.492 e. The molecule has 3 aromatic rings. The molecule has 0 unspecified atom stereocenters. The van der Waals surface area contributed by atoms with Crippen LogP contribution in [0, 0.1) is 0 Å². The van der Waals surface area contributed by atoms with Crippen LogP contribution in [0.3, 0.4) is 0 Å². The number of thiazole rings is 1. The van der Waals surface area contributed by atoms with E-state index < -0.39 is 0 Å². The number of carbonyl (C=O) groups excluding carboxylic acids is 1. The first-order valence-corrected chi connectivity index (χ1v) is 9.88. The monoisotopic (exact) mass is 413 g/mol. The SMILES string of the molecule is O=C(NCCOc1ccc2c(c1)OCO2)Nc1cccc(OCc2cscn2)c1. The zero-order chi connectivity index (χ0) is 19.9. The zero-order valence-corrected chi connectivity index (χ0v) is 16.2. The summed E-state index contributed by atoms with van der Waals surface area (Å²) in [5.41, 5.74) is 3.26. The first-order chi connectivity index (χ1) is 14.3. The molecule has 150 valence electrons. The van der Waals surface area contributed by atoms with Crippen LogP contribution < -0.4 is 29.6 Å². The van der Waals surface area contributed by atoms with Gasteiger partial charge in [-0.2, -0.15) is 0 Å². The maximum Gasteiger partial charge on any atom is 0.319 e. The lowest BCUT2D eigenvalue weighted by Gasteiger charge is -2.10. The predicted molar refractivity (Wildman–Crippen MR) is 108 cm³/mol. The molecule has 0 atom stereocenters. The van der Waals surface area contributed by atoms with Gasteiger partial charge in [0.05, 0.1) is 17.7 Å². The van der Waals surface area contributed by atoms with Crippen LogP contribution in [-0.4, -0.2) is 31.0 Å². The second kappa shape index (κ2) is 9.16. The van der Waals surface area contributed by atoms with Crippen molar-refractivity contribution < 1.29 is 23.7 Å². The molecular formula is C20H19N3O5S. The van der Waals surface area contributed by atoms with Gasteiger partial charge in [-0.15, -0.1) is 11.3 Å². The second-order valence-corrected chi connectivity index (χ2v) is 6.76. The van der Waals surface area contributed by atoms with E-state index >= 15 is 0 Å². The van der Waals surface area contributed by atoms with E-state index in [1.807, 2.05) is 17.5 Å². The Morgan fingerprint density at radius 2 is 2.00 bits per heavy atom. The molecule has 1 aromatic heterocycles. The minimum atomic E-state index is -0.323. The van der Waals surface area contributed by atoms with Crippen molar-refractivity contribution in [2.75, 3.05) is 25.3 Å². The maximum atomic E-state index is 12.1. The van der Waals surface area contributed by atoms with Crippen molar-refractivity contribution in [1.82, 2.24) is 10.3 Å². The van der Waals surface area contributed by atoms with E-state index in [0.29, 0.717) is 48.4 Å². The number of amides is 2. The molecular weight excluding hydrogens is 394 g/mol. The third kappa shape index (κ3) is 5.29. The Bertz CT molecular complexity index is 965. The number of nitrogens with one attached hydrogen (secondary N) is 2. The van der Waals surface area contributed by atoms with Crippen LogP contribution in [0.1, 0.15) is 5.69 Å². The number of aromatic nitrogens is 1. The Kier molecular flexibility index (Phi) is 5.96. The molecule has 29 heavy (non-hydrogen) atoms. The summed E-state index contributed by atoms with van der Waals surface area (Å²) < 4.78 is 21.9. The summed E-state index contributed by atoms with van der Waals surface area (Å²) in [4.78, 5) is 16.2. The molecule has 0 saturated heterocycles. The molecule has 0 fully saturated rings. The van der Waals surface area contributed by atoms with Gasteiger partial charge >= 0.3 is 6.03 Å². The van der Waals surface area contributed by atoms with Crippen LogP contribution in [0.25, 0.3) is 0 Å². The highest BCUT2D eigenvalue weighted by atomic mass is 32.1. The summed E-state index contributed by atoms with van der Waals surface area (Å²) in [7, 11) is 0. The summed E-state index contributed by atoms with van der Waals surface area (Å²) >= 11 is 1.52. The number of ether oxygens (including phenoxy) is 4. The van der Waals surface area contributed by atoms with Crippen molar-refractivity contribution in [3.05, 3.63) is 59.0 Å². The number of nitrogens with zero attached hydrogens (tertiary/aromatic N) is 1. The summed E-state index contributed by atoms with van der Waals surface area (Å²) in [6.45, 7) is 1.28. The van der Waals surface area contributed by atoms with Gasteiger partial charge in [0.25, 0.3) is 0 Å². The quantitative estimate of drug-likeness (QED) is 0.548. The summed E-state index contributed by atoms with van der Waals surface area (Å²) in [6, 6.07) is 12.2. The average molecular weight is 413 g/mol. The molecule has 9 heteroatoms. The van der Waals surface area contributed by atoms with Gasteiger partial charge in [-0.1, -0.05) is 6.07 Å². The van der Waals surface area contributed by atoms with E-state index in [4.69, 9.17) is 18.9 Å². The Hall–Kier alpha value is -3.46. The molecule has 2 amide bonds. The fourth-order valence-electron chi connectivity index (χ4n) is 2.61. The molecule has 1 aliphatic rings. The Balaban J connectivity index is 1.19. The van der Waals surface area contributed by atoms with Gasteiger partial charge < -0.3 is 29.6 Å². The number of benzene rings is 2. The fraction of sp³-hybridized carbons (Fsp3) is 0.200. The predicted octanol–water partition coefficient (Wildman–Crippen LogP) is 3.65. The van der Waals surface area contributed by atoms with E-state index in [0.717, 1.165) is 5.69 Å². The second-order valence-electron chi connectivity index (χ2n) is 6.04. The first kappa shape index (κ1) is 18.9. The molecule has 0 radical (unpaired) electrons. The number of rotatable bonds is 8. The standard InChI is InChI=1S/C20H19N3O5S/c24-20(21-6-7-25-17-4-5-18-19(9-17)28-13-27-18)23-14-2-1-3-16(8-14)26-10-15-11-29-12-22-15/h1-5,8-9,11-12H,6-7,10,13H2,(H2,21,23,24). The van der Waals surface area contributed by atoms with Crippen molar-refractivity contribution in [2.24, 2.45) is 0 Å². The van der Waals surface area contributed by atoms with Gasteiger partial charge in [0.2, 0.25) is 6.79 Å². The van der Waals surface area contributed by atoms with Gasteiger partial charge in [0.1, 0.15) is 24.7 Å². The van der Waals surface area contributed by atoms with Crippen molar-refractivity contribution in [2.45, 2.75) is 6.61 Å². The average Bonchev–Trinajstić information content (AvgIpc) is 3.41. The smallest absolute Gasteiger partial charge is 0.319 e. The van der Waals surface area contributed by atoms with E-state index in [-0.39, 0.29) is 12.8 Å². The molecule has 1 aliphatic heterocycles. The zero-order valence-electron chi connectivity index (χ0n) is 15.4. The maximum absolute atomic E-state index is 12.1. The Morgan fingerprint density at radius 1 is 1.10 bits per heavy atom. The normalized spacial score (nSPS) is 11.7. The highest BCUT2D eigenvalue weighted by molar-refractivity contribution is 7.07. The Labute approximate surface area is 171 Å². The van der Waals surface area contributed by atoms with Gasteiger partial charge in [0.15, 0.2) is 11.5 Å². The van der Waals surface area contributed by atoms with E-state index in [1.54, 1.807) is 35.8 Å². The lowest BCUT2D eigenvalue weighted by Crippen LogP contribution is -2.32. The third-order valence-electron chi connectivity index (χ3n) is 3.96. The number of carbonyl (C=O) groups is 1. The molecule has 0 saturated carbocycles. The van der Waals surface area contributed by atoms with Crippen molar-refractivity contribution in [3.8, 4) is 23.0 Å². The molecule has 0 bridgehead atoms. The minimum Gasteiger partial charge on any atom is -0.492 e. The number of hydrogen-bond donors (Lipinski definition) is 2. The van der Waals surface area contributed by atoms with Gasteiger partial charge in [-0.05, 0) is 24.3 Å². The fourth-order valence-corrected chi connectivity index (χ4v) is 3.15. The number of urea groups is 1. The van der Waals surface area contributed by atoms with Crippen LogP contribution >= 0.6 is 11.3 Å². The van der Waals surface area contributed by atoms with Gasteiger partial charge in [-0.3, -0.25) is 0 Å². The summed E-state index contributed by atoms with van der Waals surface area (Å²) in [5, 5.41) is 7.45. The molecule has 8 nitrogen and oxygen atoms in total. The Morgan fingerprint density at radius 3 is 2.90 bits per heavy atom. The number of anilines is 1. The van der Waals surface area contributed by atoms with Crippen LogP contribution in [-0.2, 0) is 6.61 Å². The van der Waals surface area contributed by atoms with Crippen LogP contribution in [0.4, 0.5) is 10.5 Å². The van der Waals surface area contributed by atoms with Gasteiger partial charge in [0, 0.05) is 23.2 Å². The van der Waals surface area contributed by atoms with Gasteiger partial charge in [-0.25, -0.2) is 9.78 Å². The summed E-state index contributed by atoms with van der Waals surface area (Å²) in [6.07, 6.45) is 0. The summed E-state index contributed by atoms with van der Waals surface area (Å²) in [5.74, 6) is 2.67. The van der Waals surface area contributed by atoms with Crippen LogP contribution in [0.5, 0.6) is 23.0 Å². The highest BCUT2D eigenvalue weighted by Crippen LogP contribution is 2.34. The van der Waals surface area contributed by atoms with Crippen LogP contribution in [0.2, 0.25) is 0 Å².